The van der Waals surface area contributed by atoms with Crippen molar-refractivity contribution in [3.8, 4) is 6.07 Å². The van der Waals surface area contributed by atoms with Crippen LogP contribution < -0.4 is 5.32 Å². The van der Waals surface area contributed by atoms with Crippen molar-refractivity contribution in [1.29, 1.82) is 5.26 Å². The third-order valence-corrected chi connectivity index (χ3v) is 6.34. The van der Waals surface area contributed by atoms with E-state index in [9.17, 15) is 10.1 Å². The van der Waals surface area contributed by atoms with Gasteiger partial charge in [0.2, 0.25) is 0 Å². The van der Waals surface area contributed by atoms with E-state index < -0.39 is 5.54 Å². The molecule has 3 nitrogen and oxygen atoms in total. The quantitative estimate of drug-likeness (QED) is 0.759. The van der Waals surface area contributed by atoms with Crippen LogP contribution in [0.1, 0.15) is 49.4 Å². The Hall–Kier alpha value is -0.380. The minimum atomic E-state index is -0.698. The Kier molecular flexibility index (Phi) is 5.27. The van der Waals surface area contributed by atoms with Crippen molar-refractivity contribution in [3.05, 3.63) is 19.2 Å². The monoisotopic (exact) mass is 418 g/mol. The van der Waals surface area contributed by atoms with Gasteiger partial charge in [-0.3, -0.25) is 4.79 Å². The molecule has 0 unspecified atom stereocenters. The fourth-order valence-electron chi connectivity index (χ4n) is 2.62. The third kappa shape index (κ3) is 3.44. The van der Waals surface area contributed by atoms with E-state index in [1.54, 1.807) is 6.07 Å². The second-order valence-corrected chi connectivity index (χ2v) is 8.99. The zero-order valence-corrected chi connectivity index (χ0v) is 15.2. The lowest BCUT2D eigenvalue weighted by atomic mass is 9.76. The number of carbonyl (C=O) groups excluding carboxylic acids is 1. The van der Waals surface area contributed by atoms with Crippen LogP contribution >= 0.6 is 43.2 Å². The van der Waals surface area contributed by atoms with E-state index in [2.05, 4.69) is 50.2 Å². The molecule has 1 amide bonds. The lowest BCUT2D eigenvalue weighted by molar-refractivity contribution is 0.0891. The summed E-state index contributed by atoms with van der Waals surface area (Å²) in [4.78, 5) is 12.4. The van der Waals surface area contributed by atoms with E-state index >= 15 is 0 Å². The summed E-state index contributed by atoms with van der Waals surface area (Å²) in [7, 11) is 0. The third-order valence-electron chi connectivity index (χ3n) is 4.00. The lowest BCUT2D eigenvalue weighted by Gasteiger charge is -2.35. The molecule has 1 aliphatic rings. The van der Waals surface area contributed by atoms with Crippen molar-refractivity contribution in [2.24, 2.45) is 5.92 Å². The van der Waals surface area contributed by atoms with Gasteiger partial charge in [-0.15, -0.1) is 11.3 Å². The number of nitriles is 1. The highest BCUT2D eigenvalue weighted by atomic mass is 79.9. The zero-order valence-electron chi connectivity index (χ0n) is 11.2. The second-order valence-electron chi connectivity index (χ2n) is 5.24. The van der Waals surface area contributed by atoms with Gasteiger partial charge < -0.3 is 5.32 Å². The van der Waals surface area contributed by atoms with Gasteiger partial charge >= 0.3 is 0 Å². The van der Waals surface area contributed by atoms with Crippen LogP contribution in [0.15, 0.2) is 13.6 Å². The maximum atomic E-state index is 12.4. The standard InChI is InChI=1S/C14H16Br2N2OS/c1-2-9-3-5-14(8-17,6-4-9)18-13(19)10-7-11(15)20-12(10)16/h7,9H,2-6H2,1H3,(H,18,19). The van der Waals surface area contributed by atoms with Crippen molar-refractivity contribution >= 4 is 49.1 Å². The van der Waals surface area contributed by atoms with Crippen molar-refractivity contribution in [1.82, 2.24) is 5.32 Å². The van der Waals surface area contributed by atoms with Gasteiger partial charge in [0.15, 0.2) is 0 Å². The highest BCUT2D eigenvalue weighted by molar-refractivity contribution is 9.12. The van der Waals surface area contributed by atoms with E-state index in [0.29, 0.717) is 11.5 Å². The van der Waals surface area contributed by atoms with Crippen LogP contribution in [-0.2, 0) is 0 Å². The van der Waals surface area contributed by atoms with Crippen molar-refractivity contribution in [3.63, 3.8) is 0 Å². The number of nitrogens with zero attached hydrogens (tertiary/aromatic N) is 1. The van der Waals surface area contributed by atoms with Gasteiger partial charge in [-0.05, 0) is 69.5 Å². The van der Waals surface area contributed by atoms with E-state index in [0.717, 1.165) is 39.7 Å². The Balaban J connectivity index is 2.09. The van der Waals surface area contributed by atoms with Gasteiger partial charge in [0.05, 0.1) is 19.2 Å². The average molecular weight is 420 g/mol. The molecule has 0 saturated heterocycles. The Labute approximate surface area is 140 Å². The van der Waals surface area contributed by atoms with Gasteiger partial charge in [-0.25, -0.2) is 0 Å². The lowest BCUT2D eigenvalue weighted by Crippen LogP contribution is -2.49. The molecule has 1 aromatic heterocycles. The minimum absolute atomic E-state index is 0.171. The first-order chi connectivity index (χ1) is 9.49. The molecule has 0 atom stereocenters. The van der Waals surface area contributed by atoms with Crippen LogP contribution in [0.5, 0.6) is 0 Å². The highest BCUT2D eigenvalue weighted by Gasteiger charge is 2.37. The molecule has 1 heterocycles. The summed E-state index contributed by atoms with van der Waals surface area (Å²) in [5.41, 5.74) is -0.106. The molecule has 1 aliphatic carbocycles. The Morgan fingerprint density at radius 3 is 2.65 bits per heavy atom. The predicted molar refractivity (Wildman–Crippen MR) is 87.8 cm³/mol. The topological polar surface area (TPSA) is 52.9 Å². The molecule has 0 bridgehead atoms. The number of carbonyl (C=O) groups is 1. The van der Waals surface area contributed by atoms with Crippen LogP contribution in [0.3, 0.4) is 0 Å². The largest absolute Gasteiger partial charge is 0.334 e. The molecule has 1 aromatic rings. The number of hydrogen-bond acceptors (Lipinski definition) is 3. The summed E-state index contributed by atoms with van der Waals surface area (Å²) < 4.78 is 1.69. The van der Waals surface area contributed by atoms with Crippen LogP contribution in [0.25, 0.3) is 0 Å². The summed E-state index contributed by atoms with van der Waals surface area (Å²) in [6, 6.07) is 4.12. The van der Waals surface area contributed by atoms with Crippen molar-refractivity contribution < 1.29 is 4.79 Å². The van der Waals surface area contributed by atoms with Crippen molar-refractivity contribution in [2.45, 2.75) is 44.6 Å². The van der Waals surface area contributed by atoms with Crippen LogP contribution in [0, 0.1) is 17.2 Å². The normalized spacial score (nSPS) is 26.0. The van der Waals surface area contributed by atoms with Gasteiger partial charge in [0.25, 0.3) is 5.91 Å². The number of thiophene rings is 1. The summed E-state index contributed by atoms with van der Waals surface area (Å²) in [5, 5.41) is 12.4. The molecule has 20 heavy (non-hydrogen) atoms. The average Bonchev–Trinajstić information content (AvgIpc) is 2.78. The molecule has 0 spiro atoms. The van der Waals surface area contributed by atoms with Gasteiger partial charge in [-0.1, -0.05) is 13.3 Å². The number of hydrogen-bond donors (Lipinski definition) is 1. The number of halogens is 2. The maximum absolute atomic E-state index is 12.4. The van der Waals surface area contributed by atoms with Gasteiger partial charge in [-0.2, -0.15) is 5.26 Å². The Morgan fingerprint density at radius 1 is 1.55 bits per heavy atom. The van der Waals surface area contributed by atoms with Gasteiger partial charge in [0, 0.05) is 0 Å². The van der Waals surface area contributed by atoms with Crippen LogP contribution in [0.4, 0.5) is 0 Å². The Morgan fingerprint density at radius 2 is 2.20 bits per heavy atom. The fourth-order valence-corrected chi connectivity index (χ4v) is 5.42. The number of amides is 1. The number of rotatable bonds is 3. The molecule has 0 aliphatic heterocycles. The van der Waals surface area contributed by atoms with E-state index in [1.165, 1.54) is 11.3 Å². The fraction of sp³-hybridized carbons (Fsp3) is 0.571. The smallest absolute Gasteiger partial charge is 0.254 e. The molecule has 108 valence electrons. The molecular weight excluding hydrogens is 404 g/mol. The van der Waals surface area contributed by atoms with Crippen molar-refractivity contribution in [2.75, 3.05) is 0 Å². The molecule has 6 heteroatoms. The van der Waals surface area contributed by atoms with E-state index in [-0.39, 0.29) is 5.91 Å². The summed E-state index contributed by atoms with van der Waals surface area (Å²) >= 11 is 8.21. The first kappa shape index (κ1) is 16.0. The summed E-state index contributed by atoms with van der Waals surface area (Å²) in [6.45, 7) is 2.18. The van der Waals surface area contributed by atoms with Gasteiger partial charge in [0.1, 0.15) is 5.54 Å². The molecule has 1 fully saturated rings. The first-order valence-electron chi connectivity index (χ1n) is 6.68. The van der Waals surface area contributed by atoms with E-state index in [1.807, 2.05) is 0 Å². The maximum Gasteiger partial charge on any atom is 0.254 e. The molecular formula is C14H16Br2N2OS. The predicted octanol–water partition coefficient (Wildman–Crippen LogP) is 4.87. The molecule has 1 N–H and O–H groups in total. The molecule has 0 radical (unpaired) electrons. The first-order valence-corrected chi connectivity index (χ1v) is 9.08. The molecule has 2 rings (SSSR count). The number of nitrogens with one attached hydrogen (secondary N) is 1. The highest BCUT2D eigenvalue weighted by Crippen LogP contribution is 2.35. The van der Waals surface area contributed by atoms with Crippen LogP contribution in [0.2, 0.25) is 0 Å². The minimum Gasteiger partial charge on any atom is -0.334 e. The molecule has 0 aromatic carbocycles. The van der Waals surface area contributed by atoms with Crippen LogP contribution in [-0.4, -0.2) is 11.4 Å². The second kappa shape index (κ2) is 6.59. The Bertz CT molecular complexity index is 542. The van der Waals surface area contributed by atoms with E-state index in [4.69, 9.17) is 0 Å². The zero-order chi connectivity index (χ0) is 14.8. The molecule has 1 saturated carbocycles. The summed E-state index contributed by atoms with van der Waals surface area (Å²) in [5.74, 6) is 0.519. The summed E-state index contributed by atoms with van der Waals surface area (Å²) in [6.07, 6.45) is 4.67. The SMILES string of the molecule is CCC1CCC(C#N)(NC(=O)c2cc(Br)sc2Br)CC1.